The van der Waals surface area contributed by atoms with Crippen LogP contribution in [0.15, 0.2) is 24.3 Å². The van der Waals surface area contributed by atoms with Crippen LogP contribution >= 0.6 is 22.6 Å². The summed E-state index contributed by atoms with van der Waals surface area (Å²) in [6.45, 7) is 4.90. The van der Waals surface area contributed by atoms with E-state index in [-0.39, 0.29) is 0 Å². The van der Waals surface area contributed by atoms with Crippen LogP contribution in [0, 0.1) is 10.5 Å². The maximum Gasteiger partial charge on any atom is 0.227 e. The maximum atomic E-state index is 5.98. The van der Waals surface area contributed by atoms with Gasteiger partial charge >= 0.3 is 0 Å². The second kappa shape index (κ2) is 6.17. The zero-order valence-corrected chi connectivity index (χ0v) is 14.3. The van der Waals surface area contributed by atoms with Crippen LogP contribution in [0.25, 0.3) is 0 Å². The Bertz CT molecular complexity index is 639. The smallest absolute Gasteiger partial charge is 0.227 e. The highest BCUT2D eigenvalue weighted by molar-refractivity contribution is 14.1. The van der Waals surface area contributed by atoms with E-state index in [9.17, 15) is 0 Å². The van der Waals surface area contributed by atoms with Crippen molar-refractivity contribution in [3.8, 4) is 11.6 Å². The molecule has 0 spiro atoms. The highest BCUT2D eigenvalue weighted by atomic mass is 127. The van der Waals surface area contributed by atoms with Gasteiger partial charge < -0.3 is 10.1 Å². The first-order valence-corrected chi connectivity index (χ1v) is 8.31. The summed E-state index contributed by atoms with van der Waals surface area (Å²) in [4.78, 5) is 9.26. The molecule has 4 nitrogen and oxygen atoms in total. The van der Waals surface area contributed by atoms with Gasteiger partial charge in [0.1, 0.15) is 17.4 Å². The van der Waals surface area contributed by atoms with Crippen molar-refractivity contribution in [1.82, 2.24) is 9.97 Å². The van der Waals surface area contributed by atoms with Crippen LogP contribution in [-0.4, -0.2) is 16.5 Å². The third-order valence-corrected chi connectivity index (χ3v) is 4.15. The number of nitrogens with one attached hydrogen (secondary N) is 1. The van der Waals surface area contributed by atoms with Crippen LogP contribution in [0.1, 0.15) is 37.1 Å². The number of anilines is 1. The number of halogens is 1. The van der Waals surface area contributed by atoms with Crippen LogP contribution in [0.5, 0.6) is 11.6 Å². The van der Waals surface area contributed by atoms with Gasteiger partial charge in [0.15, 0.2) is 0 Å². The molecule has 1 aromatic heterocycles. The molecule has 1 heterocycles. The molecule has 1 aliphatic carbocycles. The zero-order valence-electron chi connectivity index (χ0n) is 12.2. The van der Waals surface area contributed by atoms with E-state index in [0.717, 1.165) is 29.5 Å². The van der Waals surface area contributed by atoms with E-state index in [0.29, 0.717) is 11.8 Å². The first-order chi connectivity index (χ1) is 10.2. The van der Waals surface area contributed by atoms with Gasteiger partial charge in [-0.1, -0.05) is 0 Å². The molecule has 110 valence electrons. The Morgan fingerprint density at radius 3 is 2.57 bits per heavy atom. The highest BCUT2D eigenvalue weighted by Gasteiger charge is 2.28. The number of ether oxygens (including phenoxy) is 1. The highest BCUT2D eigenvalue weighted by Crippen LogP contribution is 2.40. The molecule has 1 saturated carbocycles. The van der Waals surface area contributed by atoms with Crippen molar-refractivity contribution in [1.29, 1.82) is 0 Å². The number of benzene rings is 1. The molecular weight excluding hydrogens is 377 g/mol. The molecule has 21 heavy (non-hydrogen) atoms. The number of aromatic nitrogens is 2. The van der Waals surface area contributed by atoms with Gasteiger partial charge in [-0.05, 0) is 73.5 Å². The third kappa shape index (κ3) is 3.45. The van der Waals surface area contributed by atoms with E-state index in [1.54, 1.807) is 0 Å². The largest absolute Gasteiger partial charge is 0.439 e. The van der Waals surface area contributed by atoms with Gasteiger partial charge in [-0.2, -0.15) is 4.98 Å². The topological polar surface area (TPSA) is 47.0 Å². The van der Waals surface area contributed by atoms with Crippen molar-refractivity contribution in [2.75, 3.05) is 11.9 Å². The lowest BCUT2D eigenvalue weighted by Gasteiger charge is -2.13. The van der Waals surface area contributed by atoms with Crippen LogP contribution < -0.4 is 10.1 Å². The quantitative estimate of drug-likeness (QED) is 0.758. The standard InChI is InChI=1S/C16H18IN3O/c1-3-18-14-10(2)16(20-15(19-14)11-4-5-11)21-13-8-6-12(17)7-9-13/h6-9,11H,3-5H2,1-2H3,(H,18,19,20). The Kier molecular flexibility index (Phi) is 4.28. The van der Waals surface area contributed by atoms with Crippen molar-refractivity contribution in [3.05, 3.63) is 39.2 Å². The van der Waals surface area contributed by atoms with Crippen molar-refractivity contribution in [3.63, 3.8) is 0 Å². The third-order valence-electron chi connectivity index (χ3n) is 3.43. The second-order valence-corrected chi connectivity index (χ2v) is 6.47. The molecule has 0 atom stereocenters. The number of rotatable bonds is 5. The van der Waals surface area contributed by atoms with Crippen molar-refractivity contribution >= 4 is 28.4 Å². The van der Waals surface area contributed by atoms with E-state index >= 15 is 0 Å². The van der Waals surface area contributed by atoms with E-state index in [1.807, 2.05) is 31.2 Å². The fourth-order valence-corrected chi connectivity index (χ4v) is 2.45. The van der Waals surface area contributed by atoms with E-state index < -0.39 is 0 Å². The monoisotopic (exact) mass is 395 g/mol. The van der Waals surface area contributed by atoms with Crippen molar-refractivity contribution < 1.29 is 4.74 Å². The SMILES string of the molecule is CCNc1nc(C2CC2)nc(Oc2ccc(I)cc2)c1C. The molecule has 0 bridgehead atoms. The van der Waals surface area contributed by atoms with Crippen LogP contribution in [0.4, 0.5) is 5.82 Å². The normalized spacial score (nSPS) is 14.0. The fraction of sp³-hybridized carbons (Fsp3) is 0.375. The minimum atomic E-state index is 0.502. The van der Waals surface area contributed by atoms with Crippen LogP contribution in [0.2, 0.25) is 0 Å². The number of hydrogen-bond donors (Lipinski definition) is 1. The van der Waals surface area contributed by atoms with Gasteiger partial charge in [-0.3, -0.25) is 0 Å². The lowest BCUT2D eigenvalue weighted by Crippen LogP contribution is -2.07. The Morgan fingerprint density at radius 2 is 1.95 bits per heavy atom. The van der Waals surface area contributed by atoms with Crippen molar-refractivity contribution in [2.24, 2.45) is 0 Å². The van der Waals surface area contributed by atoms with Crippen LogP contribution in [-0.2, 0) is 0 Å². The summed E-state index contributed by atoms with van der Waals surface area (Å²) in [5.41, 5.74) is 0.958. The summed E-state index contributed by atoms with van der Waals surface area (Å²) in [6, 6.07) is 7.99. The zero-order chi connectivity index (χ0) is 14.8. The van der Waals surface area contributed by atoms with Crippen molar-refractivity contribution in [2.45, 2.75) is 32.6 Å². The van der Waals surface area contributed by atoms with Gasteiger partial charge in [-0.15, -0.1) is 0 Å². The van der Waals surface area contributed by atoms with Gasteiger partial charge in [0, 0.05) is 16.0 Å². The molecule has 0 aliphatic heterocycles. The lowest BCUT2D eigenvalue weighted by atomic mass is 10.3. The molecule has 3 rings (SSSR count). The van der Waals surface area contributed by atoms with Crippen LogP contribution in [0.3, 0.4) is 0 Å². The average Bonchev–Trinajstić information content (AvgIpc) is 3.30. The molecule has 2 aromatic rings. The predicted octanol–water partition coefficient (Wildman–Crippen LogP) is 4.49. The minimum absolute atomic E-state index is 0.502. The van der Waals surface area contributed by atoms with E-state index in [2.05, 4.69) is 44.8 Å². The van der Waals surface area contributed by atoms with Gasteiger partial charge in [0.2, 0.25) is 5.88 Å². The Morgan fingerprint density at radius 1 is 1.24 bits per heavy atom. The number of nitrogens with zero attached hydrogens (tertiary/aromatic N) is 2. The van der Waals surface area contributed by atoms with Gasteiger partial charge in [0.05, 0.1) is 5.56 Å². The minimum Gasteiger partial charge on any atom is -0.439 e. The number of hydrogen-bond acceptors (Lipinski definition) is 4. The predicted molar refractivity (Wildman–Crippen MR) is 92.1 cm³/mol. The summed E-state index contributed by atoms with van der Waals surface area (Å²) < 4.78 is 7.16. The summed E-state index contributed by atoms with van der Waals surface area (Å²) in [7, 11) is 0. The molecule has 1 aromatic carbocycles. The summed E-state index contributed by atoms with van der Waals surface area (Å²) in [5, 5.41) is 3.30. The van der Waals surface area contributed by atoms with Gasteiger partial charge in [-0.25, -0.2) is 4.98 Å². The molecule has 0 saturated heterocycles. The van der Waals surface area contributed by atoms with Gasteiger partial charge in [0.25, 0.3) is 0 Å². The molecular formula is C16H18IN3O. The molecule has 0 radical (unpaired) electrons. The summed E-state index contributed by atoms with van der Waals surface area (Å²) >= 11 is 2.28. The molecule has 5 heteroatoms. The summed E-state index contributed by atoms with van der Waals surface area (Å²) in [6.07, 6.45) is 2.36. The van der Waals surface area contributed by atoms with E-state index in [1.165, 1.54) is 16.4 Å². The molecule has 1 N–H and O–H groups in total. The van der Waals surface area contributed by atoms with E-state index in [4.69, 9.17) is 4.74 Å². The molecule has 1 aliphatic rings. The average molecular weight is 395 g/mol. The Labute approximate surface area is 138 Å². The first kappa shape index (κ1) is 14.6. The summed E-state index contributed by atoms with van der Waals surface area (Å²) in [5.74, 6) is 3.75. The fourth-order valence-electron chi connectivity index (χ4n) is 2.09. The molecule has 1 fully saturated rings. The maximum absolute atomic E-state index is 5.98. The lowest BCUT2D eigenvalue weighted by molar-refractivity contribution is 0.454. The second-order valence-electron chi connectivity index (χ2n) is 5.22. The first-order valence-electron chi connectivity index (χ1n) is 7.23. The molecule has 0 amide bonds. The molecule has 0 unspecified atom stereocenters. The Balaban J connectivity index is 1.93. The Hall–Kier alpha value is -1.37.